The van der Waals surface area contributed by atoms with Crippen LogP contribution in [0.4, 0.5) is 0 Å². The van der Waals surface area contributed by atoms with E-state index in [1.807, 2.05) is 6.07 Å². The van der Waals surface area contributed by atoms with Crippen LogP contribution in [-0.2, 0) is 7.05 Å². The summed E-state index contributed by atoms with van der Waals surface area (Å²) in [5, 5.41) is 7.98. The zero-order valence-corrected chi connectivity index (χ0v) is 17.8. The molecule has 142 valence electrons. The molecule has 3 aromatic rings. The first-order chi connectivity index (χ1) is 13.4. The molecule has 0 aliphatic heterocycles. The monoisotopic (exact) mass is 504 g/mol. The van der Waals surface area contributed by atoms with E-state index in [1.54, 1.807) is 55.7 Å². The van der Waals surface area contributed by atoms with Crippen molar-refractivity contribution in [2.24, 2.45) is 12.1 Å². The van der Waals surface area contributed by atoms with Crippen LogP contribution in [0.25, 0.3) is 0 Å². The summed E-state index contributed by atoms with van der Waals surface area (Å²) in [6, 6.07) is 13.8. The minimum Gasteiger partial charge on any atom is -0.422 e. The molecule has 1 aromatic heterocycles. The molecule has 28 heavy (non-hydrogen) atoms. The van der Waals surface area contributed by atoms with Crippen LogP contribution in [0, 0.1) is 0 Å². The number of aromatic nitrogens is 2. The lowest BCUT2D eigenvalue weighted by atomic mass is 10.2. The lowest BCUT2D eigenvalue weighted by molar-refractivity contribution is 0.0726. The Hall–Kier alpha value is -2.78. The zero-order chi connectivity index (χ0) is 20.1. The highest BCUT2D eigenvalue weighted by atomic mass is 79.9. The van der Waals surface area contributed by atoms with Gasteiger partial charge in [-0.15, -0.1) is 0 Å². The summed E-state index contributed by atoms with van der Waals surface area (Å²) in [5.74, 6) is -0.512. The van der Waals surface area contributed by atoms with Gasteiger partial charge in [0.05, 0.1) is 16.3 Å². The van der Waals surface area contributed by atoms with Crippen LogP contribution < -0.4 is 10.2 Å². The van der Waals surface area contributed by atoms with Gasteiger partial charge in [0.1, 0.15) is 5.75 Å². The summed E-state index contributed by atoms with van der Waals surface area (Å²) in [7, 11) is 1.71. The van der Waals surface area contributed by atoms with Crippen molar-refractivity contribution in [1.82, 2.24) is 15.2 Å². The number of nitrogens with zero attached hydrogens (tertiary/aromatic N) is 3. The fourth-order valence-electron chi connectivity index (χ4n) is 2.25. The van der Waals surface area contributed by atoms with E-state index >= 15 is 0 Å². The van der Waals surface area contributed by atoms with Crippen LogP contribution in [0.2, 0.25) is 0 Å². The van der Waals surface area contributed by atoms with Gasteiger partial charge >= 0.3 is 5.97 Å². The first kappa shape index (κ1) is 20.0. The topological polar surface area (TPSA) is 85.6 Å². The second-order valence-corrected chi connectivity index (χ2v) is 7.35. The third-order valence-electron chi connectivity index (χ3n) is 3.57. The van der Waals surface area contributed by atoms with Crippen molar-refractivity contribution in [2.45, 2.75) is 0 Å². The SMILES string of the molecule is Cn1cc(Br)c(C(=O)Oc2ccc(/C=N/NC(=O)c3ccccc3Br)cc2)n1. The van der Waals surface area contributed by atoms with E-state index in [-0.39, 0.29) is 11.6 Å². The maximum Gasteiger partial charge on any atom is 0.365 e. The predicted octanol–water partition coefficient (Wildman–Crippen LogP) is 3.93. The molecule has 0 atom stereocenters. The number of ether oxygens (including phenoxy) is 1. The van der Waals surface area contributed by atoms with Gasteiger partial charge in [-0.1, -0.05) is 12.1 Å². The van der Waals surface area contributed by atoms with Crippen LogP contribution in [-0.4, -0.2) is 27.9 Å². The van der Waals surface area contributed by atoms with E-state index in [0.29, 0.717) is 20.3 Å². The Labute approximate surface area is 177 Å². The van der Waals surface area contributed by atoms with Crippen LogP contribution in [0.3, 0.4) is 0 Å². The molecule has 1 amide bonds. The number of aryl methyl sites for hydroxylation is 1. The van der Waals surface area contributed by atoms with E-state index < -0.39 is 5.97 Å². The summed E-state index contributed by atoms with van der Waals surface area (Å²) in [6.45, 7) is 0. The van der Waals surface area contributed by atoms with E-state index in [1.165, 1.54) is 10.9 Å². The molecule has 3 rings (SSSR count). The molecular weight excluding hydrogens is 492 g/mol. The molecule has 1 heterocycles. The standard InChI is InChI=1S/C19H14Br2N4O3/c1-25-11-16(21)17(24-25)19(27)28-13-8-6-12(7-9-13)10-22-23-18(26)14-4-2-3-5-15(14)20/h2-11H,1H3,(H,23,26)/b22-10+. The second kappa shape index (κ2) is 8.94. The van der Waals surface area contributed by atoms with Gasteiger partial charge in [0, 0.05) is 17.7 Å². The van der Waals surface area contributed by atoms with E-state index in [9.17, 15) is 9.59 Å². The van der Waals surface area contributed by atoms with Crippen molar-refractivity contribution in [1.29, 1.82) is 0 Å². The molecule has 9 heteroatoms. The minimum atomic E-state index is -0.561. The Morgan fingerprint density at radius 2 is 1.82 bits per heavy atom. The van der Waals surface area contributed by atoms with Gasteiger partial charge in [0.2, 0.25) is 0 Å². The number of halogens is 2. The van der Waals surface area contributed by atoms with Gasteiger partial charge in [-0.25, -0.2) is 10.2 Å². The maximum atomic E-state index is 12.1. The van der Waals surface area contributed by atoms with Gasteiger partial charge in [0.25, 0.3) is 5.91 Å². The van der Waals surface area contributed by atoms with E-state index in [4.69, 9.17) is 4.74 Å². The number of carbonyl (C=O) groups is 2. The van der Waals surface area contributed by atoms with Crippen molar-refractivity contribution in [3.63, 3.8) is 0 Å². The number of amides is 1. The molecule has 0 unspecified atom stereocenters. The molecule has 7 nitrogen and oxygen atoms in total. The predicted molar refractivity (Wildman–Crippen MR) is 112 cm³/mol. The molecule has 2 aromatic carbocycles. The van der Waals surface area contributed by atoms with Gasteiger partial charge < -0.3 is 4.74 Å². The first-order valence-corrected chi connectivity index (χ1v) is 9.62. The molecule has 0 fully saturated rings. The number of benzene rings is 2. The Morgan fingerprint density at radius 1 is 1.11 bits per heavy atom. The number of nitrogens with one attached hydrogen (secondary N) is 1. The van der Waals surface area contributed by atoms with E-state index in [2.05, 4.69) is 47.5 Å². The molecule has 0 spiro atoms. The number of esters is 1. The summed E-state index contributed by atoms with van der Waals surface area (Å²) >= 11 is 6.59. The molecule has 0 aliphatic carbocycles. The number of hydrogen-bond donors (Lipinski definition) is 1. The number of hydrazone groups is 1. The molecule has 1 N–H and O–H groups in total. The molecule has 0 bridgehead atoms. The van der Waals surface area contributed by atoms with Crippen molar-refractivity contribution < 1.29 is 14.3 Å². The number of carbonyl (C=O) groups excluding carboxylic acids is 2. The Kier molecular flexibility index (Phi) is 6.37. The lowest BCUT2D eigenvalue weighted by Crippen LogP contribution is -2.18. The van der Waals surface area contributed by atoms with Gasteiger partial charge in [-0.2, -0.15) is 10.2 Å². The smallest absolute Gasteiger partial charge is 0.365 e. The van der Waals surface area contributed by atoms with Gasteiger partial charge in [-0.05, 0) is 73.8 Å². The maximum absolute atomic E-state index is 12.1. The van der Waals surface area contributed by atoms with Crippen molar-refractivity contribution in [3.8, 4) is 5.75 Å². The highest BCUT2D eigenvalue weighted by molar-refractivity contribution is 9.10. The van der Waals surface area contributed by atoms with Crippen LogP contribution in [0.15, 0.2) is 68.8 Å². The van der Waals surface area contributed by atoms with Crippen molar-refractivity contribution in [2.75, 3.05) is 0 Å². The van der Waals surface area contributed by atoms with Crippen LogP contribution in [0.5, 0.6) is 5.75 Å². The lowest BCUT2D eigenvalue weighted by Gasteiger charge is -2.03. The molecule has 0 saturated heterocycles. The highest BCUT2D eigenvalue weighted by Gasteiger charge is 2.16. The third-order valence-corrected chi connectivity index (χ3v) is 4.84. The van der Waals surface area contributed by atoms with Gasteiger partial charge in [-0.3, -0.25) is 9.48 Å². The molecule has 0 saturated carbocycles. The van der Waals surface area contributed by atoms with Crippen LogP contribution >= 0.6 is 31.9 Å². The molecular formula is C19H14Br2N4O3. The fourth-order valence-corrected chi connectivity index (χ4v) is 3.25. The van der Waals surface area contributed by atoms with Crippen molar-refractivity contribution in [3.05, 3.63) is 80.5 Å². The normalized spacial score (nSPS) is 10.8. The highest BCUT2D eigenvalue weighted by Crippen LogP contribution is 2.18. The van der Waals surface area contributed by atoms with Gasteiger partial charge in [0.15, 0.2) is 5.69 Å². The Balaban J connectivity index is 1.59. The Bertz CT molecular complexity index is 1050. The molecule has 0 aliphatic rings. The van der Waals surface area contributed by atoms with E-state index in [0.717, 1.165) is 5.56 Å². The number of rotatable bonds is 5. The summed E-state index contributed by atoms with van der Waals surface area (Å²) in [5.41, 5.74) is 3.88. The third kappa shape index (κ3) is 4.93. The molecule has 0 radical (unpaired) electrons. The zero-order valence-electron chi connectivity index (χ0n) is 14.6. The summed E-state index contributed by atoms with van der Waals surface area (Å²) in [6.07, 6.45) is 3.16. The second-order valence-electron chi connectivity index (χ2n) is 5.64. The quantitative estimate of drug-likeness (QED) is 0.246. The minimum absolute atomic E-state index is 0.197. The average molecular weight is 506 g/mol. The average Bonchev–Trinajstić information content (AvgIpc) is 3.01. The Morgan fingerprint density at radius 3 is 2.46 bits per heavy atom. The fraction of sp³-hybridized carbons (Fsp3) is 0.0526. The largest absolute Gasteiger partial charge is 0.422 e. The van der Waals surface area contributed by atoms with Crippen LogP contribution in [0.1, 0.15) is 26.4 Å². The summed E-state index contributed by atoms with van der Waals surface area (Å²) in [4.78, 5) is 24.2. The first-order valence-electron chi connectivity index (χ1n) is 8.03. The summed E-state index contributed by atoms with van der Waals surface area (Å²) < 4.78 is 8.06. The van der Waals surface area contributed by atoms with Crippen molar-refractivity contribution >= 4 is 50.0 Å². The number of hydrogen-bond acceptors (Lipinski definition) is 5.